The van der Waals surface area contributed by atoms with Crippen LogP contribution in [0.5, 0.6) is 0 Å². The third-order valence-electron chi connectivity index (χ3n) is 2.63. The molecule has 0 fully saturated rings. The van der Waals surface area contributed by atoms with E-state index in [0.29, 0.717) is 11.6 Å². The maximum Gasteiger partial charge on any atom is 0.239 e. The Morgan fingerprint density at radius 1 is 1.41 bits per heavy atom. The highest BCUT2D eigenvalue weighted by Gasteiger charge is 2.16. The first-order valence-corrected chi connectivity index (χ1v) is 6.17. The largest absolute Gasteiger partial charge is 0.340 e. The van der Waals surface area contributed by atoms with E-state index in [4.69, 9.17) is 17.3 Å². The molecule has 1 amide bonds. The van der Waals surface area contributed by atoms with Crippen molar-refractivity contribution in [3.8, 4) is 0 Å². The van der Waals surface area contributed by atoms with Crippen LogP contribution in [-0.2, 0) is 11.3 Å². The van der Waals surface area contributed by atoms with Gasteiger partial charge in [-0.15, -0.1) is 0 Å². The second kappa shape index (κ2) is 6.62. The standard InChI is InChI=1S/C13H19ClN2O/c1-3-4-12(15)13(17)16(2)9-10-5-7-11(14)8-6-10/h5-8,12H,3-4,9,15H2,1-2H3/t12-/m0/s1. The van der Waals surface area contributed by atoms with Gasteiger partial charge in [-0.25, -0.2) is 0 Å². The molecule has 1 aromatic carbocycles. The van der Waals surface area contributed by atoms with Gasteiger partial charge in [0.1, 0.15) is 0 Å². The first kappa shape index (κ1) is 14.0. The number of nitrogens with zero attached hydrogens (tertiary/aromatic N) is 1. The highest BCUT2D eigenvalue weighted by Crippen LogP contribution is 2.11. The number of nitrogens with two attached hydrogens (primary N) is 1. The van der Waals surface area contributed by atoms with Crippen molar-refractivity contribution in [2.75, 3.05) is 7.05 Å². The zero-order valence-electron chi connectivity index (χ0n) is 10.3. The highest BCUT2D eigenvalue weighted by molar-refractivity contribution is 6.30. The van der Waals surface area contributed by atoms with Crippen LogP contribution in [0.4, 0.5) is 0 Å². The molecular formula is C13H19ClN2O. The third kappa shape index (κ3) is 4.36. The molecule has 0 aliphatic carbocycles. The van der Waals surface area contributed by atoms with Crippen LogP contribution in [-0.4, -0.2) is 23.9 Å². The molecule has 0 saturated carbocycles. The number of carbonyl (C=O) groups is 1. The highest BCUT2D eigenvalue weighted by atomic mass is 35.5. The molecule has 0 spiro atoms. The number of hydrogen-bond donors (Lipinski definition) is 1. The Bertz CT molecular complexity index is 364. The number of halogens is 1. The number of amides is 1. The van der Waals surface area contributed by atoms with Crippen LogP contribution in [0.3, 0.4) is 0 Å². The van der Waals surface area contributed by atoms with Gasteiger partial charge in [0.25, 0.3) is 0 Å². The molecule has 0 bridgehead atoms. The van der Waals surface area contributed by atoms with Gasteiger partial charge in [-0.2, -0.15) is 0 Å². The van der Waals surface area contributed by atoms with Crippen LogP contribution in [0, 0.1) is 0 Å². The lowest BCUT2D eigenvalue weighted by atomic mass is 10.1. The van der Waals surface area contributed by atoms with Crippen molar-refractivity contribution in [2.45, 2.75) is 32.4 Å². The normalized spacial score (nSPS) is 12.2. The second-order valence-corrected chi connectivity index (χ2v) is 4.65. The lowest BCUT2D eigenvalue weighted by molar-refractivity contribution is -0.131. The molecule has 0 radical (unpaired) electrons. The average Bonchev–Trinajstić information content (AvgIpc) is 2.31. The van der Waals surface area contributed by atoms with Crippen molar-refractivity contribution >= 4 is 17.5 Å². The molecule has 1 atom stereocenters. The summed E-state index contributed by atoms with van der Waals surface area (Å²) in [4.78, 5) is 13.5. The molecule has 0 aliphatic rings. The van der Waals surface area contributed by atoms with Crippen molar-refractivity contribution < 1.29 is 4.79 Å². The number of benzene rings is 1. The molecule has 0 unspecified atom stereocenters. The van der Waals surface area contributed by atoms with E-state index in [0.717, 1.165) is 18.4 Å². The summed E-state index contributed by atoms with van der Waals surface area (Å²) in [5.74, 6) is -0.0122. The Hall–Kier alpha value is -1.06. The zero-order chi connectivity index (χ0) is 12.8. The lowest BCUT2D eigenvalue weighted by Gasteiger charge is -2.21. The molecule has 0 saturated heterocycles. The van der Waals surface area contributed by atoms with Crippen LogP contribution in [0.2, 0.25) is 5.02 Å². The molecule has 0 aromatic heterocycles. The predicted octanol–water partition coefficient (Wildman–Crippen LogP) is 2.43. The van der Waals surface area contributed by atoms with Gasteiger partial charge in [-0.3, -0.25) is 4.79 Å². The van der Waals surface area contributed by atoms with E-state index in [-0.39, 0.29) is 5.91 Å². The molecule has 94 valence electrons. The summed E-state index contributed by atoms with van der Waals surface area (Å²) >= 11 is 5.80. The molecule has 0 aliphatic heterocycles. The first-order chi connectivity index (χ1) is 8.04. The molecule has 2 N–H and O–H groups in total. The van der Waals surface area contributed by atoms with E-state index in [1.807, 2.05) is 31.2 Å². The van der Waals surface area contributed by atoms with Crippen LogP contribution < -0.4 is 5.73 Å². The van der Waals surface area contributed by atoms with Crippen molar-refractivity contribution in [3.63, 3.8) is 0 Å². The van der Waals surface area contributed by atoms with E-state index >= 15 is 0 Å². The van der Waals surface area contributed by atoms with Crippen molar-refractivity contribution in [1.29, 1.82) is 0 Å². The van der Waals surface area contributed by atoms with Gasteiger partial charge in [0.15, 0.2) is 0 Å². The number of likely N-dealkylation sites (N-methyl/N-ethyl adjacent to an activating group) is 1. The Balaban J connectivity index is 2.56. The van der Waals surface area contributed by atoms with Crippen molar-refractivity contribution in [2.24, 2.45) is 5.73 Å². The molecule has 0 heterocycles. The fraction of sp³-hybridized carbons (Fsp3) is 0.462. The van der Waals surface area contributed by atoms with E-state index in [1.165, 1.54) is 0 Å². The number of hydrogen-bond acceptors (Lipinski definition) is 2. The smallest absolute Gasteiger partial charge is 0.239 e. The van der Waals surface area contributed by atoms with Crippen molar-refractivity contribution in [1.82, 2.24) is 4.90 Å². The lowest BCUT2D eigenvalue weighted by Crippen LogP contribution is -2.41. The summed E-state index contributed by atoms with van der Waals surface area (Å²) in [7, 11) is 1.77. The van der Waals surface area contributed by atoms with Crippen LogP contribution in [0.15, 0.2) is 24.3 Å². The summed E-state index contributed by atoms with van der Waals surface area (Å²) < 4.78 is 0. The third-order valence-corrected chi connectivity index (χ3v) is 2.88. The summed E-state index contributed by atoms with van der Waals surface area (Å²) in [6.45, 7) is 2.58. The SMILES string of the molecule is CCC[C@H](N)C(=O)N(C)Cc1ccc(Cl)cc1. The van der Waals surface area contributed by atoms with Gasteiger partial charge >= 0.3 is 0 Å². The minimum Gasteiger partial charge on any atom is -0.340 e. The van der Waals surface area contributed by atoms with E-state index < -0.39 is 6.04 Å². The second-order valence-electron chi connectivity index (χ2n) is 4.22. The number of rotatable bonds is 5. The Kier molecular flexibility index (Phi) is 5.45. The van der Waals surface area contributed by atoms with E-state index in [9.17, 15) is 4.79 Å². The Labute approximate surface area is 108 Å². The minimum absolute atomic E-state index is 0.0122. The molecule has 4 heteroatoms. The first-order valence-electron chi connectivity index (χ1n) is 5.79. The Morgan fingerprint density at radius 2 is 2.00 bits per heavy atom. The molecule has 17 heavy (non-hydrogen) atoms. The van der Waals surface area contributed by atoms with Crippen molar-refractivity contribution in [3.05, 3.63) is 34.9 Å². The van der Waals surface area contributed by atoms with Gasteiger partial charge in [-0.1, -0.05) is 37.1 Å². The van der Waals surface area contributed by atoms with Gasteiger partial charge in [0.05, 0.1) is 6.04 Å². The van der Waals surface area contributed by atoms with Crippen LogP contribution >= 0.6 is 11.6 Å². The van der Waals surface area contributed by atoms with Crippen LogP contribution in [0.1, 0.15) is 25.3 Å². The van der Waals surface area contributed by atoms with E-state index in [1.54, 1.807) is 11.9 Å². The average molecular weight is 255 g/mol. The fourth-order valence-corrected chi connectivity index (χ4v) is 1.79. The van der Waals surface area contributed by atoms with Gasteiger partial charge in [-0.05, 0) is 24.1 Å². The van der Waals surface area contributed by atoms with Gasteiger partial charge in [0.2, 0.25) is 5.91 Å². The zero-order valence-corrected chi connectivity index (χ0v) is 11.1. The predicted molar refractivity (Wildman–Crippen MR) is 70.8 cm³/mol. The van der Waals surface area contributed by atoms with Gasteiger partial charge in [0, 0.05) is 18.6 Å². The molecule has 3 nitrogen and oxygen atoms in total. The molecular weight excluding hydrogens is 236 g/mol. The monoisotopic (exact) mass is 254 g/mol. The minimum atomic E-state index is -0.391. The summed E-state index contributed by atoms with van der Waals surface area (Å²) in [6, 6.07) is 7.08. The summed E-state index contributed by atoms with van der Waals surface area (Å²) in [5, 5.41) is 0.699. The van der Waals surface area contributed by atoms with Gasteiger partial charge < -0.3 is 10.6 Å². The fourth-order valence-electron chi connectivity index (χ4n) is 1.66. The Morgan fingerprint density at radius 3 is 2.53 bits per heavy atom. The summed E-state index contributed by atoms with van der Waals surface area (Å²) in [5.41, 5.74) is 6.84. The number of carbonyl (C=O) groups excluding carboxylic acids is 1. The summed E-state index contributed by atoms with van der Waals surface area (Å²) in [6.07, 6.45) is 1.64. The molecule has 1 aromatic rings. The topological polar surface area (TPSA) is 46.3 Å². The maximum absolute atomic E-state index is 11.9. The maximum atomic E-state index is 11.9. The van der Waals surface area contributed by atoms with E-state index in [2.05, 4.69) is 0 Å². The molecule has 1 rings (SSSR count). The quantitative estimate of drug-likeness (QED) is 0.877. The van der Waals surface area contributed by atoms with Crippen LogP contribution in [0.25, 0.3) is 0 Å².